The van der Waals surface area contributed by atoms with Gasteiger partial charge in [0.1, 0.15) is 0 Å². The molecule has 0 spiro atoms. The lowest BCUT2D eigenvalue weighted by Crippen LogP contribution is -2.39. The first kappa shape index (κ1) is 11.2. The molecule has 0 radical (unpaired) electrons. The maximum Gasteiger partial charge on any atom is 0.237 e. The number of rotatable bonds is 3. The number of pyridine rings is 1. The summed E-state index contributed by atoms with van der Waals surface area (Å²) in [7, 11) is 3.81. The molecule has 1 aromatic heterocycles. The van der Waals surface area contributed by atoms with E-state index in [2.05, 4.69) is 22.2 Å². The van der Waals surface area contributed by atoms with Crippen LogP contribution in [0, 0.1) is 0 Å². The maximum atomic E-state index is 5.23. The van der Waals surface area contributed by atoms with E-state index in [9.17, 15) is 0 Å². The predicted molar refractivity (Wildman–Crippen MR) is 64.9 cm³/mol. The lowest BCUT2D eigenvalue weighted by Gasteiger charge is -2.31. The first-order valence-electron chi connectivity index (χ1n) is 5.73. The molecule has 0 aromatic carbocycles. The molecule has 1 atom stereocenters. The molecule has 0 saturated carbocycles. The number of nitrogens with one attached hydrogen (secondary N) is 1. The molecule has 1 aromatic rings. The molecule has 2 rings (SSSR count). The van der Waals surface area contributed by atoms with Crippen molar-refractivity contribution in [3.8, 4) is 5.88 Å². The third kappa shape index (κ3) is 2.64. The Kier molecular flexibility index (Phi) is 3.62. The fourth-order valence-electron chi connectivity index (χ4n) is 2.17. The standard InChI is InChI=1S/C12H19N3O/c1-15-8-4-5-10(9-15)14-11-6-3-7-13-12(11)16-2/h3,6-7,10,14H,4-5,8-9H2,1-2H3. The minimum atomic E-state index is 0.497. The summed E-state index contributed by atoms with van der Waals surface area (Å²) >= 11 is 0. The Hall–Kier alpha value is -1.29. The van der Waals surface area contributed by atoms with Gasteiger partial charge in [0.25, 0.3) is 0 Å². The third-order valence-electron chi connectivity index (χ3n) is 2.95. The molecule has 1 aliphatic rings. The molecule has 1 unspecified atom stereocenters. The predicted octanol–water partition coefficient (Wildman–Crippen LogP) is 1.60. The number of likely N-dealkylation sites (N-methyl/N-ethyl adjacent to an activating group) is 1. The number of anilines is 1. The lowest BCUT2D eigenvalue weighted by molar-refractivity contribution is 0.260. The quantitative estimate of drug-likeness (QED) is 0.841. The van der Waals surface area contributed by atoms with Gasteiger partial charge in [-0.1, -0.05) is 0 Å². The number of methoxy groups -OCH3 is 1. The van der Waals surface area contributed by atoms with Crippen molar-refractivity contribution in [2.75, 3.05) is 32.6 Å². The van der Waals surface area contributed by atoms with Crippen molar-refractivity contribution < 1.29 is 4.74 Å². The first-order chi connectivity index (χ1) is 7.79. The van der Waals surface area contributed by atoms with Crippen molar-refractivity contribution >= 4 is 5.69 Å². The van der Waals surface area contributed by atoms with Gasteiger partial charge in [0.2, 0.25) is 5.88 Å². The zero-order valence-corrected chi connectivity index (χ0v) is 9.94. The van der Waals surface area contributed by atoms with Crippen LogP contribution in [0.1, 0.15) is 12.8 Å². The van der Waals surface area contributed by atoms with Crippen LogP contribution in [0.2, 0.25) is 0 Å². The van der Waals surface area contributed by atoms with E-state index >= 15 is 0 Å². The zero-order chi connectivity index (χ0) is 11.4. The van der Waals surface area contributed by atoms with E-state index in [1.54, 1.807) is 13.3 Å². The molecule has 2 heterocycles. The molecule has 1 aliphatic heterocycles. The van der Waals surface area contributed by atoms with Crippen molar-refractivity contribution in [1.82, 2.24) is 9.88 Å². The molecule has 88 valence electrons. The Bertz CT molecular complexity index is 343. The normalized spacial score (nSPS) is 21.8. The van der Waals surface area contributed by atoms with E-state index in [0.717, 1.165) is 12.2 Å². The molecular formula is C12H19N3O. The maximum absolute atomic E-state index is 5.23. The third-order valence-corrected chi connectivity index (χ3v) is 2.95. The second-order valence-corrected chi connectivity index (χ2v) is 4.31. The van der Waals surface area contributed by atoms with Crippen LogP contribution in [0.4, 0.5) is 5.69 Å². The summed E-state index contributed by atoms with van der Waals surface area (Å²) < 4.78 is 5.23. The van der Waals surface area contributed by atoms with Crippen LogP contribution >= 0.6 is 0 Å². The number of piperidine rings is 1. The van der Waals surface area contributed by atoms with Crippen LogP contribution in [0.3, 0.4) is 0 Å². The van der Waals surface area contributed by atoms with Gasteiger partial charge in [0.15, 0.2) is 0 Å². The van der Waals surface area contributed by atoms with Gasteiger partial charge in [-0.15, -0.1) is 0 Å². The van der Waals surface area contributed by atoms with Gasteiger partial charge >= 0.3 is 0 Å². The molecule has 0 amide bonds. The Morgan fingerprint density at radius 3 is 3.19 bits per heavy atom. The van der Waals surface area contributed by atoms with Crippen LogP contribution in [-0.4, -0.2) is 43.2 Å². The van der Waals surface area contributed by atoms with E-state index in [-0.39, 0.29) is 0 Å². The number of ether oxygens (including phenoxy) is 1. The van der Waals surface area contributed by atoms with E-state index in [1.165, 1.54) is 19.4 Å². The Morgan fingerprint density at radius 1 is 1.56 bits per heavy atom. The van der Waals surface area contributed by atoms with Crippen LogP contribution in [0.15, 0.2) is 18.3 Å². The highest BCUT2D eigenvalue weighted by atomic mass is 16.5. The van der Waals surface area contributed by atoms with E-state index in [0.29, 0.717) is 11.9 Å². The lowest BCUT2D eigenvalue weighted by atomic mass is 10.1. The molecule has 1 N–H and O–H groups in total. The van der Waals surface area contributed by atoms with Gasteiger partial charge in [0.05, 0.1) is 12.8 Å². The summed E-state index contributed by atoms with van der Waals surface area (Å²) in [6, 6.07) is 4.44. The van der Waals surface area contributed by atoms with Gasteiger partial charge in [-0.25, -0.2) is 4.98 Å². The number of hydrogen-bond acceptors (Lipinski definition) is 4. The highest BCUT2D eigenvalue weighted by molar-refractivity contribution is 5.52. The van der Waals surface area contributed by atoms with Gasteiger partial charge in [-0.2, -0.15) is 0 Å². The number of nitrogens with zero attached hydrogens (tertiary/aromatic N) is 2. The largest absolute Gasteiger partial charge is 0.480 e. The Balaban J connectivity index is 2.02. The average Bonchev–Trinajstić information content (AvgIpc) is 2.30. The summed E-state index contributed by atoms with van der Waals surface area (Å²) in [4.78, 5) is 6.53. The molecule has 16 heavy (non-hydrogen) atoms. The summed E-state index contributed by atoms with van der Waals surface area (Å²) in [6.07, 6.45) is 4.20. The van der Waals surface area contributed by atoms with Crippen molar-refractivity contribution in [1.29, 1.82) is 0 Å². The summed E-state index contributed by atoms with van der Waals surface area (Å²) in [5.74, 6) is 0.677. The summed E-state index contributed by atoms with van der Waals surface area (Å²) in [5.41, 5.74) is 0.991. The molecule has 0 bridgehead atoms. The first-order valence-corrected chi connectivity index (χ1v) is 5.73. The van der Waals surface area contributed by atoms with Crippen LogP contribution in [0.5, 0.6) is 5.88 Å². The Labute approximate surface area is 96.6 Å². The molecule has 4 heteroatoms. The van der Waals surface area contributed by atoms with Crippen LogP contribution in [0.25, 0.3) is 0 Å². The second-order valence-electron chi connectivity index (χ2n) is 4.31. The van der Waals surface area contributed by atoms with Crippen molar-refractivity contribution in [3.63, 3.8) is 0 Å². The molecule has 0 aliphatic carbocycles. The van der Waals surface area contributed by atoms with Crippen molar-refractivity contribution in [3.05, 3.63) is 18.3 Å². The Morgan fingerprint density at radius 2 is 2.44 bits per heavy atom. The molecular weight excluding hydrogens is 202 g/mol. The second kappa shape index (κ2) is 5.16. The van der Waals surface area contributed by atoms with Crippen LogP contribution < -0.4 is 10.1 Å². The zero-order valence-electron chi connectivity index (χ0n) is 9.94. The average molecular weight is 221 g/mol. The molecule has 1 fully saturated rings. The summed E-state index contributed by atoms with van der Waals surface area (Å²) in [6.45, 7) is 2.28. The SMILES string of the molecule is COc1ncccc1NC1CCCN(C)C1. The van der Waals surface area contributed by atoms with Crippen molar-refractivity contribution in [2.24, 2.45) is 0 Å². The highest BCUT2D eigenvalue weighted by Gasteiger charge is 2.18. The monoisotopic (exact) mass is 221 g/mol. The summed E-state index contributed by atoms with van der Waals surface area (Å²) in [5, 5.41) is 3.50. The molecule has 4 nitrogen and oxygen atoms in total. The van der Waals surface area contributed by atoms with Gasteiger partial charge in [-0.05, 0) is 38.6 Å². The minimum absolute atomic E-state index is 0.497. The number of aromatic nitrogens is 1. The van der Waals surface area contributed by atoms with E-state index in [4.69, 9.17) is 4.74 Å². The highest BCUT2D eigenvalue weighted by Crippen LogP contribution is 2.22. The van der Waals surface area contributed by atoms with Gasteiger partial charge in [-0.3, -0.25) is 0 Å². The van der Waals surface area contributed by atoms with Crippen LogP contribution in [-0.2, 0) is 0 Å². The van der Waals surface area contributed by atoms with E-state index < -0.39 is 0 Å². The van der Waals surface area contributed by atoms with E-state index in [1.807, 2.05) is 12.1 Å². The topological polar surface area (TPSA) is 37.4 Å². The van der Waals surface area contributed by atoms with Gasteiger partial charge < -0.3 is 15.0 Å². The number of likely N-dealkylation sites (tertiary alicyclic amines) is 1. The van der Waals surface area contributed by atoms with Gasteiger partial charge in [0, 0.05) is 18.8 Å². The minimum Gasteiger partial charge on any atom is -0.480 e. The fourth-order valence-corrected chi connectivity index (χ4v) is 2.17. The number of hydrogen-bond donors (Lipinski definition) is 1. The van der Waals surface area contributed by atoms with Crippen molar-refractivity contribution in [2.45, 2.75) is 18.9 Å². The smallest absolute Gasteiger partial charge is 0.237 e. The fraction of sp³-hybridized carbons (Fsp3) is 0.583. The molecule has 1 saturated heterocycles.